The van der Waals surface area contributed by atoms with Crippen LogP contribution in [0, 0.1) is 0 Å². The number of amides is 1. The zero-order chi connectivity index (χ0) is 15.0. The van der Waals surface area contributed by atoms with Crippen molar-refractivity contribution in [1.29, 1.82) is 0 Å². The van der Waals surface area contributed by atoms with Gasteiger partial charge in [0.1, 0.15) is 5.75 Å². The summed E-state index contributed by atoms with van der Waals surface area (Å²) in [7, 11) is 1.62. The summed E-state index contributed by atoms with van der Waals surface area (Å²) in [5, 5.41) is 12.5. The van der Waals surface area contributed by atoms with Crippen LogP contribution in [0.1, 0.15) is 44.6 Å². The van der Waals surface area contributed by atoms with Crippen molar-refractivity contribution in [3.63, 3.8) is 0 Å². The van der Waals surface area contributed by atoms with Gasteiger partial charge in [0.05, 0.1) is 19.1 Å². The second kappa shape index (κ2) is 8.59. The Kier molecular flexibility index (Phi) is 7.09. The summed E-state index contributed by atoms with van der Waals surface area (Å²) in [6, 6.07) is 7.54. The minimum Gasteiger partial charge on any atom is -0.497 e. The third-order valence-electron chi connectivity index (χ3n) is 3.38. The normalized spacial score (nSPS) is 13.6. The standard InChI is InChI=1S/C16H25NO3/c1-4-6-13(18)11-17-16(19)15(5-2)12-7-9-14(20-3)10-8-12/h7-10,13,15,18H,4-6,11H2,1-3H3,(H,17,19). The van der Waals surface area contributed by atoms with Crippen LogP contribution in [-0.2, 0) is 4.79 Å². The lowest BCUT2D eigenvalue weighted by Crippen LogP contribution is -2.35. The molecule has 0 aromatic heterocycles. The molecule has 0 spiro atoms. The van der Waals surface area contributed by atoms with Crippen LogP contribution in [0.5, 0.6) is 5.75 Å². The molecule has 1 rings (SSSR count). The average molecular weight is 279 g/mol. The molecule has 1 amide bonds. The maximum Gasteiger partial charge on any atom is 0.227 e. The molecule has 0 bridgehead atoms. The van der Waals surface area contributed by atoms with Crippen molar-refractivity contribution < 1.29 is 14.6 Å². The van der Waals surface area contributed by atoms with Crippen LogP contribution < -0.4 is 10.1 Å². The van der Waals surface area contributed by atoms with E-state index in [-0.39, 0.29) is 11.8 Å². The Morgan fingerprint density at radius 2 is 1.95 bits per heavy atom. The molecule has 0 heterocycles. The van der Waals surface area contributed by atoms with E-state index < -0.39 is 6.10 Å². The zero-order valence-electron chi connectivity index (χ0n) is 12.6. The minimum absolute atomic E-state index is 0.0344. The van der Waals surface area contributed by atoms with Gasteiger partial charge in [-0.2, -0.15) is 0 Å². The average Bonchev–Trinajstić information content (AvgIpc) is 2.47. The highest BCUT2D eigenvalue weighted by molar-refractivity contribution is 5.83. The van der Waals surface area contributed by atoms with Gasteiger partial charge in [0.2, 0.25) is 5.91 Å². The topological polar surface area (TPSA) is 58.6 Å². The molecule has 0 fully saturated rings. The number of carbonyl (C=O) groups excluding carboxylic acids is 1. The maximum atomic E-state index is 12.2. The molecule has 0 saturated heterocycles. The molecule has 0 aliphatic heterocycles. The Labute approximate surface area is 121 Å². The van der Waals surface area contributed by atoms with Crippen molar-refractivity contribution in [2.75, 3.05) is 13.7 Å². The van der Waals surface area contributed by atoms with Gasteiger partial charge in [-0.25, -0.2) is 0 Å². The number of nitrogens with one attached hydrogen (secondary N) is 1. The van der Waals surface area contributed by atoms with Crippen molar-refractivity contribution in [1.82, 2.24) is 5.32 Å². The second-order valence-corrected chi connectivity index (χ2v) is 4.92. The van der Waals surface area contributed by atoms with Crippen LogP contribution in [0.4, 0.5) is 0 Å². The van der Waals surface area contributed by atoms with E-state index >= 15 is 0 Å². The van der Waals surface area contributed by atoms with Crippen molar-refractivity contribution in [3.8, 4) is 5.75 Å². The summed E-state index contributed by atoms with van der Waals surface area (Å²) in [6.45, 7) is 4.31. The second-order valence-electron chi connectivity index (χ2n) is 4.92. The molecule has 1 aromatic carbocycles. The summed E-state index contributed by atoms with van der Waals surface area (Å²) < 4.78 is 5.12. The lowest BCUT2D eigenvalue weighted by Gasteiger charge is -2.17. The number of aliphatic hydroxyl groups excluding tert-OH is 1. The first-order chi connectivity index (χ1) is 9.62. The molecular formula is C16H25NO3. The van der Waals surface area contributed by atoms with Crippen LogP contribution in [0.3, 0.4) is 0 Å². The van der Waals surface area contributed by atoms with E-state index in [1.807, 2.05) is 38.1 Å². The molecular weight excluding hydrogens is 254 g/mol. The molecule has 4 nitrogen and oxygen atoms in total. The van der Waals surface area contributed by atoms with Gasteiger partial charge in [0.25, 0.3) is 0 Å². The number of benzene rings is 1. The Balaban J connectivity index is 2.62. The third kappa shape index (κ3) is 4.85. The van der Waals surface area contributed by atoms with Crippen molar-refractivity contribution >= 4 is 5.91 Å². The van der Waals surface area contributed by atoms with Crippen molar-refractivity contribution in [2.45, 2.75) is 45.1 Å². The Bertz CT molecular complexity index is 403. The lowest BCUT2D eigenvalue weighted by atomic mass is 9.95. The van der Waals surface area contributed by atoms with Gasteiger partial charge in [-0.3, -0.25) is 4.79 Å². The zero-order valence-corrected chi connectivity index (χ0v) is 12.6. The van der Waals surface area contributed by atoms with Gasteiger partial charge in [-0.15, -0.1) is 0 Å². The van der Waals surface area contributed by atoms with Crippen molar-refractivity contribution in [3.05, 3.63) is 29.8 Å². The summed E-state index contributed by atoms with van der Waals surface area (Å²) in [4.78, 5) is 12.2. The Morgan fingerprint density at radius 3 is 2.45 bits per heavy atom. The van der Waals surface area contributed by atoms with E-state index in [2.05, 4.69) is 5.32 Å². The number of aliphatic hydroxyl groups is 1. The van der Waals surface area contributed by atoms with Crippen LogP contribution in [0.25, 0.3) is 0 Å². The monoisotopic (exact) mass is 279 g/mol. The number of methoxy groups -OCH3 is 1. The fourth-order valence-electron chi connectivity index (χ4n) is 2.19. The van der Waals surface area contributed by atoms with Gasteiger partial charge < -0.3 is 15.2 Å². The van der Waals surface area contributed by atoms with Gasteiger partial charge >= 0.3 is 0 Å². The Hall–Kier alpha value is -1.55. The highest BCUT2D eigenvalue weighted by atomic mass is 16.5. The molecule has 112 valence electrons. The number of hydrogen-bond donors (Lipinski definition) is 2. The lowest BCUT2D eigenvalue weighted by molar-refractivity contribution is -0.123. The van der Waals surface area contributed by atoms with E-state index in [0.717, 1.165) is 24.2 Å². The molecule has 2 atom stereocenters. The number of ether oxygens (including phenoxy) is 1. The van der Waals surface area contributed by atoms with Crippen LogP contribution in [0.2, 0.25) is 0 Å². The van der Waals surface area contributed by atoms with Crippen molar-refractivity contribution in [2.24, 2.45) is 0 Å². The molecule has 1 aromatic rings. The predicted octanol–water partition coefficient (Wildman–Crippen LogP) is 2.47. The summed E-state index contributed by atoms with van der Waals surface area (Å²) in [5.74, 6) is 0.560. The van der Waals surface area contributed by atoms with Crippen LogP contribution >= 0.6 is 0 Å². The molecule has 0 radical (unpaired) electrons. The fourth-order valence-corrected chi connectivity index (χ4v) is 2.19. The van der Waals surface area contributed by atoms with Crippen LogP contribution in [-0.4, -0.2) is 30.8 Å². The largest absolute Gasteiger partial charge is 0.497 e. The third-order valence-corrected chi connectivity index (χ3v) is 3.38. The predicted molar refractivity (Wildman–Crippen MR) is 80.0 cm³/mol. The number of hydrogen-bond acceptors (Lipinski definition) is 3. The minimum atomic E-state index is -0.461. The van der Waals surface area contributed by atoms with Gasteiger partial charge in [0.15, 0.2) is 0 Å². The van der Waals surface area contributed by atoms with Gasteiger partial charge in [-0.05, 0) is 30.5 Å². The van der Waals surface area contributed by atoms with Gasteiger partial charge in [-0.1, -0.05) is 32.4 Å². The molecule has 2 unspecified atom stereocenters. The smallest absolute Gasteiger partial charge is 0.227 e. The van der Waals surface area contributed by atoms with E-state index in [4.69, 9.17) is 4.74 Å². The summed E-state index contributed by atoms with van der Waals surface area (Å²) in [6.07, 6.45) is 1.88. The first-order valence-corrected chi connectivity index (χ1v) is 7.22. The first-order valence-electron chi connectivity index (χ1n) is 7.22. The van der Waals surface area contributed by atoms with Gasteiger partial charge in [0, 0.05) is 6.54 Å². The van der Waals surface area contributed by atoms with E-state index in [9.17, 15) is 9.90 Å². The van der Waals surface area contributed by atoms with Crippen LogP contribution in [0.15, 0.2) is 24.3 Å². The molecule has 0 aliphatic carbocycles. The highest BCUT2D eigenvalue weighted by Crippen LogP contribution is 2.22. The van der Waals surface area contributed by atoms with E-state index in [1.165, 1.54) is 0 Å². The Morgan fingerprint density at radius 1 is 1.30 bits per heavy atom. The molecule has 4 heteroatoms. The molecule has 0 saturated carbocycles. The molecule has 0 aliphatic rings. The summed E-state index contributed by atoms with van der Waals surface area (Å²) >= 11 is 0. The van der Waals surface area contributed by atoms with E-state index in [0.29, 0.717) is 13.0 Å². The highest BCUT2D eigenvalue weighted by Gasteiger charge is 2.19. The first kappa shape index (κ1) is 16.5. The molecule has 2 N–H and O–H groups in total. The summed E-state index contributed by atoms with van der Waals surface area (Å²) in [5.41, 5.74) is 0.968. The SMILES string of the molecule is CCCC(O)CNC(=O)C(CC)c1ccc(OC)cc1. The molecule has 20 heavy (non-hydrogen) atoms. The number of rotatable bonds is 8. The van der Waals surface area contributed by atoms with E-state index in [1.54, 1.807) is 7.11 Å². The number of carbonyl (C=O) groups is 1. The fraction of sp³-hybridized carbons (Fsp3) is 0.562. The maximum absolute atomic E-state index is 12.2. The quantitative estimate of drug-likeness (QED) is 0.768.